The highest BCUT2D eigenvalue weighted by Crippen LogP contribution is 2.64. The van der Waals surface area contributed by atoms with E-state index in [-0.39, 0.29) is 36.4 Å². The van der Waals surface area contributed by atoms with Crippen LogP contribution in [0.5, 0.6) is 0 Å². The number of rotatable bonds is 15. The zero-order valence-electron chi connectivity index (χ0n) is 25.3. The van der Waals surface area contributed by atoms with E-state index in [1.54, 1.807) is 44.2 Å². The van der Waals surface area contributed by atoms with Crippen LogP contribution in [0.1, 0.15) is 44.7 Å². The minimum atomic E-state index is -4.06. The highest BCUT2D eigenvalue weighted by molar-refractivity contribution is 7.58. The largest absolute Gasteiger partial charge is 0.461 e. The van der Waals surface area contributed by atoms with E-state index in [9.17, 15) is 19.5 Å². The molecular formula is C32H40N3O7P. The first-order valence-corrected chi connectivity index (χ1v) is 15.6. The standard InChI is InChI=1S/C32H40N3O7P/c1-6-8-19-41-43(39,42-20-9-7-2)31-25(4)33-24(3)29(30(31)27-16-13-17-28(22-27)35(37)38)32(36)40-21-18-34(5)23-26-14-11-10-12-15-26/h6-17,22,30,33H,18-21,23H2,1-5H3. The van der Waals surface area contributed by atoms with E-state index in [1.807, 2.05) is 56.1 Å². The Bertz CT molecular complexity index is 1430. The second kappa shape index (κ2) is 16.1. The molecule has 0 aromatic heterocycles. The fourth-order valence-electron chi connectivity index (χ4n) is 4.76. The summed E-state index contributed by atoms with van der Waals surface area (Å²) in [6, 6.07) is 15.9. The average Bonchev–Trinajstić information content (AvgIpc) is 2.97. The van der Waals surface area contributed by atoms with Gasteiger partial charge < -0.3 is 19.1 Å². The second-order valence-corrected chi connectivity index (χ2v) is 12.0. The minimum absolute atomic E-state index is 0.00171. The molecule has 43 heavy (non-hydrogen) atoms. The molecule has 0 spiro atoms. The molecule has 1 N–H and O–H groups in total. The van der Waals surface area contributed by atoms with Gasteiger partial charge >= 0.3 is 13.6 Å². The first kappa shape index (κ1) is 33.7. The first-order valence-electron chi connectivity index (χ1n) is 14.1. The van der Waals surface area contributed by atoms with Gasteiger partial charge in [0, 0.05) is 36.6 Å². The van der Waals surface area contributed by atoms with Gasteiger partial charge in [-0.15, -0.1) is 0 Å². The molecule has 0 saturated carbocycles. The molecule has 1 heterocycles. The summed E-state index contributed by atoms with van der Waals surface area (Å²) in [7, 11) is -2.13. The van der Waals surface area contributed by atoms with E-state index >= 15 is 0 Å². The molecule has 0 fully saturated rings. The van der Waals surface area contributed by atoms with Crippen LogP contribution in [-0.4, -0.2) is 49.2 Å². The van der Waals surface area contributed by atoms with Crippen molar-refractivity contribution >= 4 is 19.3 Å². The summed E-state index contributed by atoms with van der Waals surface area (Å²) in [6.45, 7) is 8.31. The Morgan fingerprint density at radius 1 is 1.02 bits per heavy atom. The summed E-state index contributed by atoms with van der Waals surface area (Å²) >= 11 is 0. The van der Waals surface area contributed by atoms with Gasteiger partial charge in [0.15, 0.2) is 0 Å². The van der Waals surface area contributed by atoms with Crippen LogP contribution < -0.4 is 5.32 Å². The lowest BCUT2D eigenvalue weighted by molar-refractivity contribution is -0.384. The normalized spacial score (nSPS) is 17.0. The van der Waals surface area contributed by atoms with E-state index in [4.69, 9.17) is 13.8 Å². The van der Waals surface area contributed by atoms with E-state index < -0.39 is 24.4 Å². The van der Waals surface area contributed by atoms with Crippen molar-refractivity contribution in [2.75, 3.05) is 33.4 Å². The van der Waals surface area contributed by atoms with Gasteiger partial charge in [0.05, 0.1) is 34.9 Å². The number of allylic oxidation sites excluding steroid dienone is 5. The average molecular weight is 610 g/mol. The Labute approximate surface area is 253 Å². The number of hydrogen-bond acceptors (Lipinski definition) is 9. The van der Waals surface area contributed by atoms with Crippen LogP contribution >= 0.6 is 7.60 Å². The third-order valence-electron chi connectivity index (χ3n) is 6.81. The van der Waals surface area contributed by atoms with Crippen molar-refractivity contribution in [1.82, 2.24) is 10.2 Å². The molecule has 3 rings (SSSR count). The van der Waals surface area contributed by atoms with Gasteiger partial charge in [0.25, 0.3) is 5.69 Å². The van der Waals surface area contributed by atoms with Crippen LogP contribution in [0.15, 0.2) is 101 Å². The smallest absolute Gasteiger partial charge is 0.360 e. The van der Waals surface area contributed by atoms with Crippen molar-refractivity contribution in [3.8, 4) is 0 Å². The fourth-order valence-corrected chi connectivity index (χ4v) is 6.73. The number of nitro benzene ring substituents is 1. The van der Waals surface area contributed by atoms with E-state index in [2.05, 4.69) is 5.32 Å². The number of ether oxygens (including phenoxy) is 1. The summed E-state index contributed by atoms with van der Waals surface area (Å²) < 4.78 is 32.1. The number of hydrogen-bond donors (Lipinski definition) is 1. The number of carbonyl (C=O) groups is 1. The molecule has 2 aromatic carbocycles. The Morgan fingerprint density at radius 3 is 2.28 bits per heavy atom. The quantitative estimate of drug-likeness (QED) is 0.0761. The number of nitro groups is 1. The molecule has 0 radical (unpaired) electrons. The van der Waals surface area contributed by atoms with Gasteiger partial charge in [-0.3, -0.25) is 19.6 Å². The lowest BCUT2D eigenvalue weighted by atomic mass is 9.86. The summed E-state index contributed by atoms with van der Waals surface area (Å²) in [5.41, 5.74) is 2.49. The Morgan fingerprint density at radius 2 is 1.67 bits per heavy atom. The molecule has 0 amide bonds. The molecular weight excluding hydrogens is 569 g/mol. The van der Waals surface area contributed by atoms with Crippen LogP contribution in [0.3, 0.4) is 0 Å². The van der Waals surface area contributed by atoms with E-state index in [0.29, 0.717) is 30.0 Å². The SMILES string of the molecule is CC=CCOP(=O)(OCC=CC)C1=C(C)NC(C)=C(C(=O)OCCN(C)Cc2ccccc2)C1c1cccc([N+](=O)[O-])c1. The zero-order valence-corrected chi connectivity index (χ0v) is 26.2. The maximum Gasteiger partial charge on any atom is 0.360 e. The van der Waals surface area contributed by atoms with Crippen LogP contribution in [-0.2, 0) is 29.7 Å². The zero-order chi connectivity index (χ0) is 31.4. The van der Waals surface area contributed by atoms with Gasteiger partial charge in [-0.25, -0.2) is 4.79 Å². The number of non-ortho nitro benzene ring substituents is 1. The molecule has 1 unspecified atom stereocenters. The second-order valence-electron chi connectivity index (χ2n) is 10.0. The molecule has 0 bridgehead atoms. The predicted molar refractivity (Wildman–Crippen MR) is 167 cm³/mol. The monoisotopic (exact) mass is 609 g/mol. The Balaban J connectivity index is 2.00. The van der Waals surface area contributed by atoms with Gasteiger partial charge in [0.2, 0.25) is 0 Å². The van der Waals surface area contributed by atoms with Crippen LogP contribution in [0.2, 0.25) is 0 Å². The number of carbonyl (C=O) groups excluding carboxylic acids is 1. The van der Waals surface area contributed by atoms with E-state index in [0.717, 1.165) is 5.56 Å². The number of nitrogens with one attached hydrogen (secondary N) is 1. The molecule has 1 aliphatic rings. The van der Waals surface area contributed by atoms with Crippen LogP contribution in [0, 0.1) is 10.1 Å². The van der Waals surface area contributed by atoms with Gasteiger partial charge in [-0.05, 0) is 45.9 Å². The van der Waals surface area contributed by atoms with Crippen molar-refractivity contribution in [1.29, 1.82) is 0 Å². The lowest BCUT2D eigenvalue weighted by Gasteiger charge is -2.34. The number of dihydropyridines is 1. The Hall–Kier alpha value is -3.82. The maximum atomic E-state index is 14.6. The van der Waals surface area contributed by atoms with Crippen LogP contribution in [0.4, 0.5) is 5.69 Å². The van der Waals surface area contributed by atoms with Crippen molar-refractivity contribution < 1.29 is 28.1 Å². The van der Waals surface area contributed by atoms with Crippen molar-refractivity contribution in [3.05, 3.63) is 122 Å². The molecule has 230 valence electrons. The van der Waals surface area contributed by atoms with E-state index in [1.165, 1.54) is 18.2 Å². The topological polar surface area (TPSA) is 120 Å². The molecule has 0 aliphatic carbocycles. The predicted octanol–water partition coefficient (Wildman–Crippen LogP) is 6.84. The third-order valence-corrected chi connectivity index (χ3v) is 8.97. The fraction of sp³-hybridized carbons (Fsp3) is 0.344. The number of benzene rings is 2. The van der Waals surface area contributed by atoms with Crippen molar-refractivity contribution in [2.24, 2.45) is 0 Å². The summed E-state index contributed by atoms with van der Waals surface area (Å²) in [5, 5.41) is 15.1. The molecule has 1 aliphatic heterocycles. The maximum absolute atomic E-state index is 14.6. The first-order chi connectivity index (χ1) is 20.6. The molecule has 0 saturated heterocycles. The Kier molecular flexibility index (Phi) is 12.6. The summed E-state index contributed by atoms with van der Waals surface area (Å²) in [5.74, 6) is -1.62. The molecule has 1 atom stereocenters. The van der Waals surface area contributed by atoms with Crippen LogP contribution in [0.25, 0.3) is 0 Å². The van der Waals surface area contributed by atoms with Crippen molar-refractivity contribution in [3.63, 3.8) is 0 Å². The van der Waals surface area contributed by atoms with Crippen molar-refractivity contribution in [2.45, 2.75) is 40.2 Å². The number of likely N-dealkylation sites (N-methyl/N-ethyl adjacent to an activating group) is 1. The number of nitrogens with zero attached hydrogens (tertiary/aromatic N) is 2. The molecule has 10 nitrogen and oxygen atoms in total. The highest BCUT2D eigenvalue weighted by Gasteiger charge is 2.45. The molecule has 11 heteroatoms. The minimum Gasteiger partial charge on any atom is -0.461 e. The highest BCUT2D eigenvalue weighted by atomic mass is 31.2. The van der Waals surface area contributed by atoms with Gasteiger partial charge in [-0.2, -0.15) is 0 Å². The third kappa shape index (κ3) is 9.08. The summed E-state index contributed by atoms with van der Waals surface area (Å²) in [4.78, 5) is 27.0. The number of esters is 1. The van der Waals surface area contributed by atoms with Gasteiger partial charge in [0.1, 0.15) is 6.61 Å². The summed E-state index contributed by atoms with van der Waals surface area (Å²) in [6.07, 6.45) is 6.91. The van der Waals surface area contributed by atoms with Gasteiger partial charge in [-0.1, -0.05) is 66.8 Å². The lowest BCUT2D eigenvalue weighted by Crippen LogP contribution is -2.31. The molecule has 2 aromatic rings.